The van der Waals surface area contributed by atoms with Gasteiger partial charge in [-0.1, -0.05) is 20.8 Å². The molecule has 1 aromatic rings. The molecule has 1 fully saturated rings. The highest BCUT2D eigenvalue weighted by atomic mass is 16.5. The average molecular weight is 265 g/mol. The molecule has 1 aromatic heterocycles. The molecule has 19 heavy (non-hydrogen) atoms. The van der Waals surface area contributed by atoms with Gasteiger partial charge >= 0.3 is 0 Å². The molecule has 5 nitrogen and oxygen atoms in total. The SMILES string of the molecule is CC(C)(C)CC(=O)Nc1ccnn1CC1CCOC1. The van der Waals surface area contributed by atoms with Crippen molar-refractivity contribution in [3.63, 3.8) is 0 Å². The minimum atomic E-state index is -0.00573. The third kappa shape index (κ3) is 4.35. The Hall–Kier alpha value is -1.36. The zero-order valence-electron chi connectivity index (χ0n) is 12.0. The first-order valence-electron chi connectivity index (χ1n) is 6.83. The van der Waals surface area contributed by atoms with Crippen LogP contribution in [-0.2, 0) is 16.1 Å². The number of carbonyl (C=O) groups is 1. The number of nitrogens with one attached hydrogen (secondary N) is 1. The van der Waals surface area contributed by atoms with Gasteiger partial charge in [0, 0.05) is 31.6 Å². The summed E-state index contributed by atoms with van der Waals surface area (Å²) < 4.78 is 7.23. The maximum Gasteiger partial charge on any atom is 0.226 e. The fraction of sp³-hybridized carbons (Fsp3) is 0.714. The highest BCUT2D eigenvalue weighted by molar-refractivity contribution is 5.90. The van der Waals surface area contributed by atoms with Crippen LogP contribution < -0.4 is 5.32 Å². The van der Waals surface area contributed by atoms with Crippen LogP contribution in [0.5, 0.6) is 0 Å². The highest BCUT2D eigenvalue weighted by Crippen LogP contribution is 2.21. The standard InChI is InChI=1S/C14H23N3O2/c1-14(2,3)8-13(18)16-12-4-6-15-17(12)9-11-5-7-19-10-11/h4,6,11H,5,7-10H2,1-3H3,(H,16,18). The van der Waals surface area contributed by atoms with Gasteiger partial charge in [-0.05, 0) is 11.8 Å². The second-order valence-corrected chi connectivity index (χ2v) is 6.41. The van der Waals surface area contributed by atoms with Crippen LogP contribution in [-0.4, -0.2) is 28.9 Å². The second-order valence-electron chi connectivity index (χ2n) is 6.41. The van der Waals surface area contributed by atoms with Crippen molar-refractivity contribution < 1.29 is 9.53 Å². The van der Waals surface area contributed by atoms with E-state index in [4.69, 9.17) is 4.74 Å². The first kappa shape index (κ1) is 14.1. The number of carbonyl (C=O) groups excluding carboxylic acids is 1. The molecule has 1 aliphatic heterocycles. The van der Waals surface area contributed by atoms with Gasteiger partial charge in [0.15, 0.2) is 0 Å². The number of amides is 1. The molecule has 0 aliphatic carbocycles. The average Bonchev–Trinajstić information content (AvgIpc) is 2.89. The summed E-state index contributed by atoms with van der Waals surface area (Å²) in [6, 6.07) is 1.84. The topological polar surface area (TPSA) is 56.2 Å². The Kier molecular flexibility index (Phi) is 4.24. The van der Waals surface area contributed by atoms with E-state index in [1.54, 1.807) is 6.20 Å². The van der Waals surface area contributed by atoms with Crippen molar-refractivity contribution in [2.75, 3.05) is 18.5 Å². The van der Waals surface area contributed by atoms with Crippen molar-refractivity contribution in [2.45, 2.75) is 40.2 Å². The second kappa shape index (κ2) is 5.74. The summed E-state index contributed by atoms with van der Waals surface area (Å²) in [6.45, 7) is 8.59. The molecule has 1 unspecified atom stereocenters. The maximum atomic E-state index is 11.9. The van der Waals surface area contributed by atoms with E-state index in [0.29, 0.717) is 12.3 Å². The lowest BCUT2D eigenvalue weighted by Gasteiger charge is -2.18. The Balaban J connectivity index is 1.93. The van der Waals surface area contributed by atoms with Crippen LogP contribution in [0.1, 0.15) is 33.6 Å². The number of hydrogen-bond acceptors (Lipinski definition) is 3. The normalized spacial score (nSPS) is 19.6. The van der Waals surface area contributed by atoms with Gasteiger partial charge in [0.25, 0.3) is 0 Å². The van der Waals surface area contributed by atoms with Gasteiger partial charge < -0.3 is 10.1 Å². The number of hydrogen-bond donors (Lipinski definition) is 1. The predicted molar refractivity (Wildman–Crippen MR) is 73.9 cm³/mol. The highest BCUT2D eigenvalue weighted by Gasteiger charge is 2.20. The summed E-state index contributed by atoms with van der Waals surface area (Å²) in [5.74, 6) is 1.32. The molecule has 0 saturated carbocycles. The minimum absolute atomic E-state index is 0.00573. The van der Waals surface area contributed by atoms with Crippen molar-refractivity contribution in [1.29, 1.82) is 0 Å². The first-order valence-corrected chi connectivity index (χ1v) is 6.83. The molecule has 106 valence electrons. The van der Waals surface area contributed by atoms with Crippen molar-refractivity contribution in [3.8, 4) is 0 Å². The van der Waals surface area contributed by atoms with E-state index in [1.165, 1.54) is 0 Å². The van der Waals surface area contributed by atoms with Crippen LogP contribution in [0.2, 0.25) is 0 Å². The Labute approximate surface area is 114 Å². The summed E-state index contributed by atoms with van der Waals surface area (Å²) in [5, 5.41) is 7.22. The molecular formula is C14H23N3O2. The largest absolute Gasteiger partial charge is 0.381 e. The van der Waals surface area contributed by atoms with Gasteiger partial charge in [-0.2, -0.15) is 5.10 Å². The zero-order chi connectivity index (χ0) is 13.9. The monoisotopic (exact) mass is 265 g/mol. The van der Waals surface area contributed by atoms with E-state index in [1.807, 2.05) is 10.7 Å². The van der Waals surface area contributed by atoms with Crippen LogP contribution in [0.15, 0.2) is 12.3 Å². The first-order chi connectivity index (χ1) is 8.94. The molecular weight excluding hydrogens is 242 g/mol. The van der Waals surface area contributed by atoms with E-state index in [0.717, 1.165) is 32.0 Å². The van der Waals surface area contributed by atoms with E-state index in [2.05, 4.69) is 31.2 Å². The fourth-order valence-corrected chi connectivity index (χ4v) is 2.22. The van der Waals surface area contributed by atoms with E-state index >= 15 is 0 Å². The van der Waals surface area contributed by atoms with E-state index in [9.17, 15) is 4.79 Å². The molecule has 2 heterocycles. The summed E-state index contributed by atoms with van der Waals surface area (Å²) in [4.78, 5) is 11.9. The Morgan fingerprint density at radius 2 is 2.37 bits per heavy atom. The molecule has 1 amide bonds. The maximum absolute atomic E-state index is 11.9. The minimum Gasteiger partial charge on any atom is -0.381 e. The van der Waals surface area contributed by atoms with Crippen LogP contribution in [0.25, 0.3) is 0 Å². The molecule has 1 aliphatic rings. The van der Waals surface area contributed by atoms with Gasteiger partial charge in [0.2, 0.25) is 5.91 Å². The van der Waals surface area contributed by atoms with Crippen molar-refractivity contribution in [2.24, 2.45) is 11.3 Å². The lowest BCUT2D eigenvalue weighted by Crippen LogP contribution is -2.22. The summed E-state index contributed by atoms with van der Waals surface area (Å²) in [6.07, 6.45) is 3.29. The summed E-state index contributed by atoms with van der Waals surface area (Å²) >= 11 is 0. The van der Waals surface area contributed by atoms with E-state index < -0.39 is 0 Å². The van der Waals surface area contributed by atoms with Crippen LogP contribution in [0.3, 0.4) is 0 Å². The molecule has 1 atom stereocenters. The lowest BCUT2D eigenvalue weighted by atomic mass is 9.92. The summed E-state index contributed by atoms with van der Waals surface area (Å²) in [5.41, 5.74) is -0.00573. The van der Waals surface area contributed by atoms with E-state index in [-0.39, 0.29) is 11.3 Å². The van der Waals surface area contributed by atoms with Crippen LogP contribution in [0, 0.1) is 11.3 Å². The molecule has 0 radical (unpaired) electrons. The summed E-state index contributed by atoms with van der Waals surface area (Å²) in [7, 11) is 0. The van der Waals surface area contributed by atoms with Gasteiger partial charge in [0.05, 0.1) is 12.8 Å². The van der Waals surface area contributed by atoms with Crippen molar-refractivity contribution in [3.05, 3.63) is 12.3 Å². The van der Waals surface area contributed by atoms with Gasteiger partial charge in [0.1, 0.15) is 5.82 Å². The molecule has 2 rings (SSSR count). The number of ether oxygens (including phenoxy) is 1. The zero-order valence-corrected chi connectivity index (χ0v) is 12.0. The fourth-order valence-electron chi connectivity index (χ4n) is 2.22. The van der Waals surface area contributed by atoms with Gasteiger partial charge in [-0.15, -0.1) is 0 Å². The Morgan fingerprint density at radius 3 is 3.00 bits per heavy atom. The number of nitrogens with zero attached hydrogens (tertiary/aromatic N) is 2. The number of rotatable bonds is 4. The van der Waals surface area contributed by atoms with Crippen LogP contribution >= 0.6 is 0 Å². The Bertz CT molecular complexity index is 428. The third-order valence-electron chi connectivity index (χ3n) is 3.13. The molecule has 0 bridgehead atoms. The van der Waals surface area contributed by atoms with Gasteiger partial charge in [-0.25, -0.2) is 4.68 Å². The van der Waals surface area contributed by atoms with Crippen molar-refractivity contribution in [1.82, 2.24) is 9.78 Å². The van der Waals surface area contributed by atoms with Crippen LogP contribution in [0.4, 0.5) is 5.82 Å². The number of aromatic nitrogens is 2. The lowest BCUT2D eigenvalue weighted by molar-refractivity contribution is -0.117. The third-order valence-corrected chi connectivity index (χ3v) is 3.13. The molecule has 1 saturated heterocycles. The molecule has 0 aromatic carbocycles. The number of anilines is 1. The Morgan fingerprint density at radius 1 is 1.58 bits per heavy atom. The molecule has 5 heteroatoms. The quantitative estimate of drug-likeness (QED) is 0.908. The smallest absolute Gasteiger partial charge is 0.226 e. The van der Waals surface area contributed by atoms with Gasteiger partial charge in [-0.3, -0.25) is 4.79 Å². The molecule has 0 spiro atoms. The molecule has 1 N–H and O–H groups in total. The van der Waals surface area contributed by atoms with Crippen molar-refractivity contribution >= 4 is 11.7 Å². The predicted octanol–water partition coefficient (Wildman–Crippen LogP) is 2.29.